The summed E-state index contributed by atoms with van der Waals surface area (Å²) in [6, 6.07) is 4.51. The van der Waals surface area contributed by atoms with Crippen molar-refractivity contribution in [2.24, 2.45) is 0 Å². The maximum atomic E-state index is 12.4. The molecule has 1 saturated heterocycles. The van der Waals surface area contributed by atoms with Gasteiger partial charge in [0.05, 0.1) is 10.9 Å². The number of amides is 4. The summed E-state index contributed by atoms with van der Waals surface area (Å²) in [7, 11) is -3.93. The predicted octanol–water partition coefficient (Wildman–Crippen LogP) is -0.0329. The molecule has 1 atom stereocenters. The fourth-order valence-electron chi connectivity index (χ4n) is 2.75. The fourth-order valence-corrected chi connectivity index (χ4v) is 3.95. The molecule has 1 heterocycles. The van der Waals surface area contributed by atoms with Gasteiger partial charge in [-0.3, -0.25) is 24.1 Å². The van der Waals surface area contributed by atoms with Crippen LogP contribution in [0.3, 0.4) is 0 Å². The minimum absolute atomic E-state index is 0.0442. The van der Waals surface area contributed by atoms with Crippen molar-refractivity contribution < 1.29 is 27.6 Å². The molecule has 1 aliphatic rings. The number of rotatable bonds is 9. The molecule has 0 saturated carbocycles. The Labute approximate surface area is 169 Å². The van der Waals surface area contributed by atoms with Crippen molar-refractivity contribution in [3.05, 3.63) is 24.3 Å². The zero-order valence-corrected chi connectivity index (χ0v) is 17.0. The van der Waals surface area contributed by atoms with Gasteiger partial charge < -0.3 is 10.6 Å². The Kier molecular flexibility index (Phi) is 7.46. The number of hydrogen-bond donors (Lipinski definition) is 3. The highest BCUT2D eigenvalue weighted by Crippen LogP contribution is 2.14. The molecule has 11 heteroatoms. The lowest BCUT2D eigenvalue weighted by Crippen LogP contribution is -2.45. The van der Waals surface area contributed by atoms with Crippen LogP contribution in [0.4, 0.5) is 5.69 Å². The first kappa shape index (κ1) is 22.5. The second kappa shape index (κ2) is 9.61. The molecule has 0 bridgehead atoms. The van der Waals surface area contributed by atoms with Gasteiger partial charge in [-0.25, -0.2) is 8.42 Å². The molecular weight excluding hydrogens is 400 g/mol. The highest BCUT2D eigenvalue weighted by molar-refractivity contribution is 7.89. The van der Waals surface area contributed by atoms with Gasteiger partial charge in [-0.05, 0) is 37.6 Å². The first-order valence-corrected chi connectivity index (χ1v) is 10.6. The predicted molar refractivity (Wildman–Crippen MR) is 104 cm³/mol. The summed E-state index contributed by atoms with van der Waals surface area (Å²) in [4.78, 5) is 47.3. The normalized spacial score (nSPS) is 15.3. The van der Waals surface area contributed by atoms with Gasteiger partial charge in [0.25, 0.3) is 0 Å². The molecule has 158 valence electrons. The van der Waals surface area contributed by atoms with E-state index >= 15 is 0 Å². The van der Waals surface area contributed by atoms with Gasteiger partial charge >= 0.3 is 0 Å². The van der Waals surface area contributed by atoms with Crippen molar-refractivity contribution in [1.82, 2.24) is 14.9 Å². The lowest BCUT2D eigenvalue weighted by Gasteiger charge is -2.16. The Hall–Kier alpha value is -2.79. The Morgan fingerprint density at radius 1 is 1.10 bits per heavy atom. The molecule has 1 aliphatic heterocycles. The monoisotopic (exact) mass is 424 g/mol. The number of hydrogen-bond acceptors (Lipinski definition) is 6. The summed E-state index contributed by atoms with van der Waals surface area (Å²) in [5.74, 6) is -1.23. The summed E-state index contributed by atoms with van der Waals surface area (Å²) in [5.41, 5.74) is 0.456. The van der Waals surface area contributed by atoms with E-state index in [0.717, 1.165) is 0 Å². The molecule has 0 unspecified atom stereocenters. The van der Waals surface area contributed by atoms with Crippen LogP contribution in [0.1, 0.15) is 33.1 Å². The van der Waals surface area contributed by atoms with E-state index in [4.69, 9.17) is 0 Å². The molecule has 0 spiro atoms. The molecule has 3 N–H and O–H groups in total. The first-order chi connectivity index (χ1) is 13.6. The maximum Gasteiger partial charge on any atom is 0.241 e. The summed E-state index contributed by atoms with van der Waals surface area (Å²) >= 11 is 0. The minimum Gasteiger partial charge on any atom is -0.355 e. The number of imide groups is 1. The van der Waals surface area contributed by atoms with Crippen LogP contribution in [0.2, 0.25) is 0 Å². The van der Waals surface area contributed by atoms with Crippen molar-refractivity contribution in [3.63, 3.8) is 0 Å². The van der Waals surface area contributed by atoms with E-state index in [1.165, 1.54) is 43.0 Å². The van der Waals surface area contributed by atoms with Crippen LogP contribution < -0.4 is 15.4 Å². The van der Waals surface area contributed by atoms with Crippen LogP contribution >= 0.6 is 0 Å². The number of carbonyl (C=O) groups excluding carboxylic acids is 4. The van der Waals surface area contributed by atoms with E-state index in [0.29, 0.717) is 12.1 Å². The van der Waals surface area contributed by atoms with E-state index in [9.17, 15) is 27.6 Å². The fraction of sp³-hybridized carbons (Fsp3) is 0.444. The van der Waals surface area contributed by atoms with Crippen LogP contribution in [-0.4, -0.2) is 56.1 Å². The van der Waals surface area contributed by atoms with Crippen LogP contribution in [0.5, 0.6) is 0 Å². The van der Waals surface area contributed by atoms with Gasteiger partial charge in [-0.2, -0.15) is 4.72 Å². The third-order valence-corrected chi connectivity index (χ3v) is 5.78. The number of carbonyl (C=O) groups is 4. The van der Waals surface area contributed by atoms with Crippen LogP contribution in [0, 0.1) is 0 Å². The summed E-state index contributed by atoms with van der Waals surface area (Å²) in [5, 5.41) is 5.11. The number of benzene rings is 1. The smallest absolute Gasteiger partial charge is 0.241 e. The molecule has 0 radical (unpaired) electrons. The van der Waals surface area contributed by atoms with Gasteiger partial charge in [0, 0.05) is 38.5 Å². The van der Waals surface area contributed by atoms with Crippen molar-refractivity contribution in [1.29, 1.82) is 0 Å². The maximum absolute atomic E-state index is 12.4. The zero-order chi connectivity index (χ0) is 21.6. The Morgan fingerprint density at radius 2 is 1.69 bits per heavy atom. The molecular formula is C18H24N4O6S. The van der Waals surface area contributed by atoms with E-state index in [2.05, 4.69) is 15.4 Å². The average molecular weight is 424 g/mol. The Balaban J connectivity index is 1.82. The molecule has 1 aromatic carbocycles. The highest BCUT2D eigenvalue weighted by Gasteiger charge is 2.28. The van der Waals surface area contributed by atoms with Crippen molar-refractivity contribution in [2.75, 3.05) is 18.4 Å². The average Bonchev–Trinajstić information content (AvgIpc) is 2.96. The van der Waals surface area contributed by atoms with E-state index in [-0.39, 0.29) is 48.5 Å². The van der Waals surface area contributed by atoms with Crippen LogP contribution in [-0.2, 0) is 29.2 Å². The van der Waals surface area contributed by atoms with Gasteiger partial charge in [-0.15, -0.1) is 0 Å². The molecule has 2 rings (SSSR count). The lowest BCUT2D eigenvalue weighted by molar-refractivity contribution is -0.138. The van der Waals surface area contributed by atoms with E-state index in [1.54, 1.807) is 0 Å². The van der Waals surface area contributed by atoms with Crippen LogP contribution in [0.15, 0.2) is 29.2 Å². The molecule has 0 aromatic heterocycles. The Bertz CT molecular complexity index is 881. The molecule has 1 fully saturated rings. The van der Waals surface area contributed by atoms with E-state index in [1.807, 2.05) is 0 Å². The van der Waals surface area contributed by atoms with Crippen molar-refractivity contribution >= 4 is 39.3 Å². The zero-order valence-electron chi connectivity index (χ0n) is 16.2. The number of nitrogens with zero attached hydrogens (tertiary/aromatic N) is 1. The van der Waals surface area contributed by atoms with Gasteiger partial charge in [0.2, 0.25) is 33.7 Å². The lowest BCUT2D eigenvalue weighted by atomic mass is 10.3. The highest BCUT2D eigenvalue weighted by atomic mass is 32.2. The van der Waals surface area contributed by atoms with E-state index < -0.39 is 22.0 Å². The topological polar surface area (TPSA) is 142 Å². The first-order valence-electron chi connectivity index (χ1n) is 9.11. The molecule has 29 heavy (non-hydrogen) atoms. The van der Waals surface area contributed by atoms with Gasteiger partial charge in [0.15, 0.2) is 0 Å². The molecule has 4 amide bonds. The number of sulfonamides is 1. The molecule has 1 aromatic rings. The van der Waals surface area contributed by atoms with Crippen LogP contribution in [0.25, 0.3) is 0 Å². The summed E-state index contributed by atoms with van der Waals surface area (Å²) < 4.78 is 27.1. The Morgan fingerprint density at radius 3 is 2.24 bits per heavy atom. The number of anilines is 1. The summed E-state index contributed by atoms with van der Waals surface area (Å²) in [6.07, 6.45) is 0.818. The van der Waals surface area contributed by atoms with Gasteiger partial charge in [0.1, 0.15) is 0 Å². The third kappa shape index (κ3) is 6.36. The largest absolute Gasteiger partial charge is 0.355 e. The second-order valence-corrected chi connectivity index (χ2v) is 8.35. The standard InChI is InChI=1S/C18H24N4O6S/c1-12(18(26)19-10-3-11-22-16(24)8-9-17(22)25)21-29(27,28)15-6-4-14(5-7-15)20-13(2)23/h4-7,12,21H,3,8-11H2,1-2H3,(H,19,26)(H,20,23)/t12-/m0/s1. The van der Waals surface area contributed by atoms with Crippen molar-refractivity contribution in [2.45, 2.75) is 44.0 Å². The third-order valence-electron chi connectivity index (χ3n) is 4.22. The summed E-state index contributed by atoms with van der Waals surface area (Å²) in [6.45, 7) is 3.17. The molecule has 10 nitrogen and oxygen atoms in total. The van der Waals surface area contributed by atoms with Gasteiger partial charge in [-0.1, -0.05) is 0 Å². The minimum atomic E-state index is -3.93. The second-order valence-electron chi connectivity index (χ2n) is 6.63. The molecule has 0 aliphatic carbocycles. The quantitative estimate of drug-likeness (QED) is 0.375. The number of nitrogens with one attached hydrogen (secondary N) is 3. The number of likely N-dealkylation sites (tertiary alicyclic amines) is 1. The SMILES string of the molecule is CC(=O)Nc1ccc(S(=O)(=O)N[C@@H](C)C(=O)NCCCN2C(=O)CCC2=O)cc1. The van der Waals surface area contributed by atoms with Crippen molar-refractivity contribution in [3.8, 4) is 0 Å².